The van der Waals surface area contributed by atoms with Gasteiger partial charge in [-0.2, -0.15) is 0 Å². The third-order valence-electron chi connectivity index (χ3n) is 7.74. The van der Waals surface area contributed by atoms with Crippen LogP contribution in [0.25, 0.3) is 0 Å². The molecule has 3 atom stereocenters. The van der Waals surface area contributed by atoms with Crippen LogP contribution in [0.5, 0.6) is 0 Å². The smallest absolute Gasteiger partial charge is 0.338 e. The van der Waals surface area contributed by atoms with Crippen molar-refractivity contribution in [3.05, 3.63) is 179 Å². The van der Waals surface area contributed by atoms with Gasteiger partial charge in [-0.15, -0.1) is 0 Å². The summed E-state index contributed by atoms with van der Waals surface area (Å²) in [5.41, 5.74) is 3.63. The fourth-order valence-corrected chi connectivity index (χ4v) is 5.59. The molecule has 1 unspecified atom stereocenters. The molecule has 0 aromatic heterocycles. The van der Waals surface area contributed by atoms with Gasteiger partial charge in [-0.05, 0) is 34.4 Å². The van der Waals surface area contributed by atoms with Crippen molar-refractivity contribution in [2.75, 3.05) is 13.2 Å². The van der Waals surface area contributed by atoms with E-state index in [0.29, 0.717) is 12.2 Å². The minimum absolute atomic E-state index is 0.0647. The van der Waals surface area contributed by atoms with Crippen molar-refractivity contribution in [3.8, 4) is 0 Å². The first-order chi connectivity index (χ1) is 20.3. The molecule has 5 aromatic rings. The van der Waals surface area contributed by atoms with E-state index in [1.165, 1.54) is 0 Å². The van der Waals surface area contributed by atoms with E-state index in [-0.39, 0.29) is 24.6 Å². The van der Waals surface area contributed by atoms with Crippen LogP contribution in [0.2, 0.25) is 0 Å². The van der Waals surface area contributed by atoms with Crippen molar-refractivity contribution in [2.24, 2.45) is 5.92 Å². The minimum atomic E-state index is -0.923. The molecule has 0 N–H and O–H groups in total. The Labute approximate surface area is 241 Å². The van der Waals surface area contributed by atoms with Crippen LogP contribution in [0.15, 0.2) is 152 Å². The highest BCUT2D eigenvalue weighted by Crippen LogP contribution is 2.43. The largest absolute Gasteiger partial charge is 0.456 e. The van der Waals surface area contributed by atoms with Crippen LogP contribution < -0.4 is 0 Å². The number of hydrogen-bond donors (Lipinski definition) is 0. The lowest BCUT2D eigenvalue weighted by Crippen LogP contribution is -2.47. The van der Waals surface area contributed by atoms with Crippen LogP contribution in [-0.2, 0) is 19.8 Å². The summed E-state index contributed by atoms with van der Waals surface area (Å²) in [6, 6.07) is 49.9. The summed E-state index contributed by atoms with van der Waals surface area (Å²) in [7, 11) is 0. The number of carbonyl (C=O) groups is 1. The van der Waals surface area contributed by atoms with Gasteiger partial charge in [0.1, 0.15) is 11.7 Å². The Kier molecular flexibility index (Phi) is 8.04. The van der Waals surface area contributed by atoms with Crippen LogP contribution in [0.1, 0.15) is 38.7 Å². The number of benzene rings is 5. The zero-order valence-corrected chi connectivity index (χ0v) is 22.7. The molecule has 41 heavy (non-hydrogen) atoms. The number of rotatable bonds is 10. The van der Waals surface area contributed by atoms with Crippen LogP contribution in [0.4, 0.5) is 0 Å². The maximum absolute atomic E-state index is 13.4. The Morgan fingerprint density at radius 2 is 1.10 bits per heavy atom. The second-order valence-corrected chi connectivity index (χ2v) is 10.2. The number of esters is 1. The summed E-state index contributed by atoms with van der Waals surface area (Å²) < 4.78 is 19.4. The Bertz CT molecular complexity index is 1430. The van der Waals surface area contributed by atoms with E-state index < -0.39 is 11.7 Å². The van der Waals surface area contributed by atoms with Gasteiger partial charge in [0.05, 0.1) is 30.8 Å². The average Bonchev–Trinajstić information content (AvgIpc) is 3.03. The minimum Gasteiger partial charge on any atom is -0.456 e. The van der Waals surface area contributed by atoms with Crippen molar-refractivity contribution in [1.82, 2.24) is 0 Å². The van der Waals surface area contributed by atoms with E-state index in [0.717, 1.165) is 22.3 Å². The molecule has 1 aliphatic heterocycles. The molecule has 4 heteroatoms. The summed E-state index contributed by atoms with van der Waals surface area (Å²) in [5.74, 6) is -0.437. The lowest BCUT2D eigenvalue weighted by atomic mass is 9.80. The normalized spacial score (nSPS) is 17.3. The molecule has 1 aliphatic rings. The molecule has 204 valence electrons. The summed E-state index contributed by atoms with van der Waals surface area (Å²) in [6.45, 7) is 0.652. The molecule has 1 saturated heterocycles. The van der Waals surface area contributed by atoms with Crippen LogP contribution in [-0.4, -0.2) is 25.3 Å². The van der Waals surface area contributed by atoms with Crippen LogP contribution >= 0.6 is 0 Å². The molecular weight excluding hydrogens is 508 g/mol. The Balaban J connectivity index is 1.39. The third kappa shape index (κ3) is 5.58. The van der Waals surface area contributed by atoms with Crippen molar-refractivity contribution in [3.63, 3.8) is 0 Å². The first kappa shape index (κ1) is 26.7. The van der Waals surface area contributed by atoms with Gasteiger partial charge < -0.3 is 14.2 Å². The first-order valence-electron chi connectivity index (χ1n) is 14.0. The van der Waals surface area contributed by atoms with Gasteiger partial charge in [-0.25, -0.2) is 4.79 Å². The van der Waals surface area contributed by atoms with E-state index in [9.17, 15) is 4.79 Å². The molecule has 5 aromatic carbocycles. The second-order valence-electron chi connectivity index (χ2n) is 10.2. The summed E-state index contributed by atoms with van der Waals surface area (Å²) >= 11 is 0. The van der Waals surface area contributed by atoms with Crippen molar-refractivity contribution in [1.29, 1.82) is 0 Å². The van der Waals surface area contributed by atoms with E-state index >= 15 is 0 Å². The predicted octanol–water partition coefficient (Wildman–Crippen LogP) is 7.61. The summed E-state index contributed by atoms with van der Waals surface area (Å²) in [5, 5.41) is 0. The molecule has 0 radical (unpaired) electrons. The lowest BCUT2D eigenvalue weighted by Gasteiger charge is -2.43. The second kappa shape index (κ2) is 12.3. The molecule has 6 rings (SSSR count). The third-order valence-corrected chi connectivity index (χ3v) is 7.74. The lowest BCUT2D eigenvalue weighted by molar-refractivity contribution is -0.180. The van der Waals surface area contributed by atoms with E-state index in [1.807, 2.05) is 91.0 Å². The summed E-state index contributed by atoms with van der Waals surface area (Å²) in [4.78, 5) is 13.4. The zero-order chi connectivity index (χ0) is 27.9. The fraction of sp³-hybridized carbons (Fsp3) is 0.162. The standard InChI is InChI=1S/C37H32O4/c38-36(29-18-8-2-9-19-29)41-34(33-26-39-35(33)28-16-6-1-7-17-28)27-40-37(30-20-10-3-11-21-30,31-22-12-4-13-23-31)32-24-14-5-15-25-32/h1-25,33-35H,26-27H2/t33-,34?,35-/m0/s1. The van der Waals surface area contributed by atoms with Gasteiger partial charge in [0.2, 0.25) is 0 Å². The van der Waals surface area contributed by atoms with Gasteiger partial charge in [-0.1, -0.05) is 140 Å². The van der Waals surface area contributed by atoms with Gasteiger partial charge in [0.15, 0.2) is 0 Å². The van der Waals surface area contributed by atoms with Gasteiger partial charge in [-0.3, -0.25) is 0 Å². The summed E-state index contributed by atoms with van der Waals surface area (Å²) in [6.07, 6.45) is -0.731. The molecule has 0 bridgehead atoms. The van der Waals surface area contributed by atoms with Gasteiger partial charge >= 0.3 is 5.97 Å². The van der Waals surface area contributed by atoms with E-state index in [4.69, 9.17) is 14.2 Å². The van der Waals surface area contributed by atoms with Crippen LogP contribution in [0.3, 0.4) is 0 Å². The Morgan fingerprint density at radius 1 is 0.659 bits per heavy atom. The number of ether oxygens (including phenoxy) is 3. The monoisotopic (exact) mass is 540 g/mol. The molecule has 1 fully saturated rings. The molecule has 0 aliphatic carbocycles. The van der Waals surface area contributed by atoms with Crippen molar-refractivity contribution < 1.29 is 19.0 Å². The highest BCUT2D eigenvalue weighted by atomic mass is 16.6. The Morgan fingerprint density at radius 3 is 1.54 bits per heavy atom. The highest BCUT2D eigenvalue weighted by Gasteiger charge is 2.44. The van der Waals surface area contributed by atoms with Crippen LogP contribution in [0, 0.1) is 5.92 Å². The molecule has 0 saturated carbocycles. The maximum atomic E-state index is 13.4. The zero-order valence-electron chi connectivity index (χ0n) is 22.7. The highest BCUT2D eigenvalue weighted by molar-refractivity contribution is 5.89. The average molecular weight is 541 g/mol. The van der Waals surface area contributed by atoms with Crippen molar-refractivity contribution >= 4 is 5.97 Å². The van der Waals surface area contributed by atoms with Gasteiger partial charge in [0.25, 0.3) is 0 Å². The number of carbonyl (C=O) groups excluding carboxylic acids is 1. The van der Waals surface area contributed by atoms with E-state index in [2.05, 4.69) is 48.5 Å². The topological polar surface area (TPSA) is 44.8 Å². The first-order valence-corrected chi connectivity index (χ1v) is 14.0. The molecule has 1 heterocycles. The predicted molar refractivity (Wildman–Crippen MR) is 159 cm³/mol. The molecule has 0 spiro atoms. The number of hydrogen-bond acceptors (Lipinski definition) is 4. The molecule has 0 amide bonds. The quantitative estimate of drug-likeness (QED) is 0.135. The Hall–Kier alpha value is -4.51. The fourth-order valence-electron chi connectivity index (χ4n) is 5.59. The SMILES string of the molecule is O=C(OC(COC(c1ccccc1)(c1ccccc1)c1ccccc1)[C@@H]1CO[C@H]1c1ccccc1)c1ccccc1. The van der Waals surface area contributed by atoms with Crippen molar-refractivity contribution in [2.45, 2.75) is 17.8 Å². The van der Waals surface area contributed by atoms with Gasteiger partial charge in [0, 0.05) is 0 Å². The van der Waals surface area contributed by atoms with E-state index in [1.54, 1.807) is 12.1 Å². The molecule has 4 nitrogen and oxygen atoms in total. The maximum Gasteiger partial charge on any atom is 0.338 e. The molecular formula is C37H32O4.